The number of halogens is 1. The third kappa shape index (κ3) is 4.81. The lowest BCUT2D eigenvalue weighted by Crippen LogP contribution is -2.48. The number of carbonyl (C=O) groups excluding carboxylic acids is 1. The summed E-state index contributed by atoms with van der Waals surface area (Å²) in [7, 11) is 1.67. The van der Waals surface area contributed by atoms with Gasteiger partial charge in [-0.2, -0.15) is 0 Å². The van der Waals surface area contributed by atoms with Crippen LogP contribution < -0.4 is 4.74 Å². The highest BCUT2D eigenvalue weighted by Crippen LogP contribution is 2.25. The van der Waals surface area contributed by atoms with Crippen LogP contribution in [-0.2, 0) is 13.0 Å². The van der Waals surface area contributed by atoms with Crippen LogP contribution >= 0.6 is 22.9 Å². The molecule has 1 aliphatic heterocycles. The Labute approximate surface area is 169 Å². The summed E-state index contributed by atoms with van der Waals surface area (Å²) in [5.74, 6) is 0.967. The van der Waals surface area contributed by atoms with Gasteiger partial charge in [0, 0.05) is 43.3 Å². The van der Waals surface area contributed by atoms with Crippen molar-refractivity contribution in [2.75, 3.05) is 33.3 Å². The van der Waals surface area contributed by atoms with Gasteiger partial charge in [-0.1, -0.05) is 18.5 Å². The van der Waals surface area contributed by atoms with E-state index in [1.165, 1.54) is 0 Å². The van der Waals surface area contributed by atoms with Gasteiger partial charge in [-0.15, -0.1) is 11.3 Å². The van der Waals surface area contributed by atoms with Crippen molar-refractivity contribution in [3.05, 3.63) is 44.4 Å². The molecule has 1 aromatic carbocycles. The Balaban J connectivity index is 1.60. The van der Waals surface area contributed by atoms with Crippen molar-refractivity contribution in [3.8, 4) is 5.75 Å². The lowest BCUT2D eigenvalue weighted by atomic mass is 10.1. The largest absolute Gasteiger partial charge is 0.496 e. The maximum Gasteiger partial charge on any atom is 0.265 e. The van der Waals surface area contributed by atoms with E-state index in [0.29, 0.717) is 5.02 Å². The molecule has 0 unspecified atom stereocenters. The first-order valence-corrected chi connectivity index (χ1v) is 10.5. The molecule has 2 aromatic rings. The van der Waals surface area contributed by atoms with Crippen LogP contribution in [0.4, 0.5) is 0 Å². The highest BCUT2D eigenvalue weighted by atomic mass is 35.5. The molecule has 0 spiro atoms. The predicted octanol–water partition coefficient (Wildman–Crippen LogP) is 4.02. The Morgan fingerprint density at radius 1 is 1.30 bits per heavy atom. The van der Waals surface area contributed by atoms with Crippen LogP contribution in [0.25, 0.3) is 0 Å². The van der Waals surface area contributed by atoms with Gasteiger partial charge < -0.3 is 9.64 Å². The van der Waals surface area contributed by atoms with Gasteiger partial charge in [0.25, 0.3) is 5.91 Å². The number of ether oxygens (including phenoxy) is 1. The zero-order valence-corrected chi connectivity index (χ0v) is 17.7. The van der Waals surface area contributed by atoms with E-state index < -0.39 is 0 Å². The minimum Gasteiger partial charge on any atom is -0.496 e. The second-order valence-corrected chi connectivity index (χ2v) is 8.32. The summed E-state index contributed by atoms with van der Waals surface area (Å²) in [4.78, 5) is 22.5. The molecule has 7 heteroatoms. The van der Waals surface area contributed by atoms with Gasteiger partial charge in [0.15, 0.2) is 0 Å². The van der Waals surface area contributed by atoms with Crippen LogP contribution in [0.1, 0.15) is 39.3 Å². The Kier molecular flexibility index (Phi) is 6.73. The number of methoxy groups -OCH3 is 1. The molecule has 1 aromatic heterocycles. The average molecular weight is 408 g/mol. The quantitative estimate of drug-likeness (QED) is 0.725. The van der Waals surface area contributed by atoms with E-state index in [9.17, 15) is 4.79 Å². The smallest absolute Gasteiger partial charge is 0.265 e. The Morgan fingerprint density at radius 2 is 2.04 bits per heavy atom. The van der Waals surface area contributed by atoms with Crippen molar-refractivity contribution >= 4 is 28.8 Å². The number of piperazine rings is 1. The number of benzene rings is 1. The molecule has 1 fully saturated rings. The lowest BCUT2D eigenvalue weighted by molar-refractivity contribution is 0.0631. The van der Waals surface area contributed by atoms with E-state index in [1.807, 2.05) is 30.0 Å². The van der Waals surface area contributed by atoms with Gasteiger partial charge in [0.05, 0.1) is 17.8 Å². The number of aromatic nitrogens is 1. The number of nitrogens with zero attached hydrogens (tertiary/aromatic N) is 3. The Hall–Kier alpha value is -1.63. The number of hydrogen-bond acceptors (Lipinski definition) is 5. The van der Waals surface area contributed by atoms with Crippen molar-refractivity contribution in [2.24, 2.45) is 0 Å². The van der Waals surface area contributed by atoms with Crippen LogP contribution in [0, 0.1) is 6.92 Å². The van der Waals surface area contributed by atoms with Crippen molar-refractivity contribution in [3.63, 3.8) is 0 Å². The standard InChI is InChI=1S/C20H26ClN3O2S/c1-4-5-18-22-14(2)19(27-18)20(25)24-10-8-23(9-11-24)13-15-12-16(21)6-7-17(15)26-3/h6-7,12H,4-5,8-11,13H2,1-3H3. The molecule has 0 aliphatic carbocycles. The summed E-state index contributed by atoms with van der Waals surface area (Å²) in [5.41, 5.74) is 1.94. The van der Waals surface area contributed by atoms with E-state index in [1.54, 1.807) is 18.4 Å². The fourth-order valence-electron chi connectivity index (χ4n) is 3.34. The summed E-state index contributed by atoms with van der Waals surface area (Å²) < 4.78 is 5.44. The molecule has 0 N–H and O–H groups in total. The van der Waals surface area contributed by atoms with E-state index in [0.717, 1.165) is 72.5 Å². The van der Waals surface area contributed by atoms with Crippen LogP contribution in [0.3, 0.4) is 0 Å². The predicted molar refractivity (Wildman–Crippen MR) is 110 cm³/mol. The third-order valence-corrected chi connectivity index (χ3v) is 6.24. The molecule has 3 rings (SSSR count). The fraction of sp³-hybridized carbons (Fsp3) is 0.500. The number of hydrogen-bond donors (Lipinski definition) is 0. The number of carbonyl (C=O) groups is 1. The first kappa shape index (κ1) is 20.1. The van der Waals surface area contributed by atoms with E-state index in [4.69, 9.17) is 16.3 Å². The molecular formula is C20H26ClN3O2S. The number of thiazole rings is 1. The molecule has 146 valence electrons. The molecule has 1 saturated heterocycles. The highest BCUT2D eigenvalue weighted by molar-refractivity contribution is 7.13. The van der Waals surface area contributed by atoms with Gasteiger partial charge in [0.2, 0.25) is 0 Å². The first-order chi connectivity index (χ1) is 13.0. The second-order valence-electron chi connectivity index (χ2n) is 6.80. The Bertz CT molecular complexity index is 801. The average Bonchev–Trinajstić information content (AvgIpc) is 3.02. The van der Waals surface area contributed by atoms with Crippen molar-refractivity contribution in [2.45, 2.75) is 33.2 Å². The van der Waals surface area contributed by atoms with E-state index >= 15 is 0 Å². The summed E-state index contributed by atoms with van der Waals surface area (Å²) in [6.45, 7) is 7.95. The van der Waals surface area contributed by atoms with Gasteiger partial charge in [-0.3, -0.25) is 9.69 Å². The van der Waals surface area contributed by atoms with E-state index in [-0.39, 0.29) is 5.91 Å². The molecule has 2 heterocycles. The monoisotopic (exact) mass is 407 g/mol. The normalized spacial score (nSPS) is 15.2. The van der Waals surface area contributed by atoms with Crippen LogP contribution in [0.15, 0.2) is 18.2 Å². The minimum atomic E-state index is 0.118. The Morgan fingerprint density at radius 3 is 2.70 bits per heavy atom. The summed E-state index contributed by atoms with van der Waals surface area (Å²) in [6, 6.07) is 5.69. The molecule has 0 bridgehead atoms. The lowest BCUT2D eigenvalue weighted by Gasteiger charge is -2.34. The first-order valence-electron chi connectivity index (χ1n) is 9.32. The number of rotatable bonds is 6. The molecule has 0 saturated carbocycles. The molecule has 1 aliphatic rings. The molecule has 0 radical (unpaired) electrons. The fourth-order valence-corrected chi connectivity index (χ4v) is 4.66. The zero-order chi connectivity index (χ0) is 19.4. The highest BCUT2D eigenvalue weighted by Gasteiger charge is 2.25. The maximum atomic E-state index is 12.9. The molecular weight excluding hydrogens is 382 g/mol. The SMILES string of the molecule is CCCc1nc(C)c(C(=O)N2CCN(Cc3cc(Cl)ccc3OC)CC2)s1. The van der Waals surface area contributed by atoms with Gasteiger partial charge in [-0.25, -0.2) is 4.98 Å². The molecule has 5 nitrogen and oxygen atoms in total. The maximum absolute atomic E-state index is 12.9. The topological polar surface area (TPSA) is 45.7 Å². The van der Waals surface area contributed by atoms with Crippen LogP contribution in [0.5, 0.6) is 5.75 Å². The van der Waals surface area contributed by atoms with Crippen LogP contribution in [-0.4, -0.2) is 54.0 Å². The minimum absolute atomic E-state index is 0.118. The molecule has 1 amide bonds. The van der Waals surface area contributed by atoms with Crippen molar-refractivity contribution in [1.82, 2.24) is 14.8 Å². The summed E-state index contributed by atoms with van der Waals surface area (Å²) in [5, 5.41) is 1.77. The molecule has 0 atom stereocenters. The number of aryl methyl sites for hydroxylation is 2. The van der Waals surface area contributed by atoms with Gasteiger partial charge in [0.1, 0.15) is 10.6 Å². The molecule has 27 heavy (non-hydrogen) atoms. The zero-order valence-electron chi connectivity index (χ0n) is 16.1. The number of amides is 1. The van der Waals surface area contributed by atoms with Crippen LogP contribution in [0.2, 0.25) is 5.02 Å². The summed E-state index contributed by atoms with van der Waals surface area (Å²) >= 11 is 7.68. The van der Waals surface area contributed by atoms with E-state index in [2.05, 4.69) is 16.8 Å². The van der Waals surface area contributed by atoms with Crippen molar-refractivity contribution in [1.29, 1.82) is 0 Å². The third-order valence-electron chi connectivity index (χ3n) is 4.79. The van der Waals surface area contributed by atoms with Crippen molar-refractivity contribution < 1.29 is 9.53 Å². The summed E-state index contributed by atoms with van der Waals surface area (Å²) in [6.07, 6.45) is 1.99. The van der Waals surface area contributed by atoms with Gasteiger partial charge >= 0.3 is 0 Å². The van der Waals surface area contributed by atoms with Gasteiger partial charge in [-0.05, 0) is 38.0 Å². The second kappa shape index (κ2) is 9.04.